The molecule has 0 bridgehead atoms. The van der Waals surface area contributed by atoms with Crippen molar-refractivity contribution in [2.24, 2.45) is 11.3 Å². The van der Waals surface area contributed by atoms with E-state index in [9.17, 15) is 0 Å². The first-order valence-electron chi connectivity index (χ1n) is 9.43. The number of anilines is 1. The fraction of sp³-hybridized carbons (Fsp3) is 0.524. The zero-order chi connectivity index (χ0) is 17.6. The van der Waals surface area contributed by atoms with Gasteiger partial charge in [-0.2, -0.15) is 5.10 Å². The van der Waals surface area contributed by atoms with Crippen LogP contribution in [0.15, 0.2) is 30.3 Å². The number of nitrogens with one attached hydrogen (secondary N) is 1. The van der Waals surface area contributed by atoms with E-state index in [1.807, 2.05) is 17.5 Å². The molecule has 25 heavy (non-hydrogen) atoms. The molecule has 0 atom stereocenters. The molecule has 0 amide bonds. The fourth-order valence-corrected chi connectivity index (χ4v) is 4.18. The van der Waals surface area contributed by atoms with E-state index in [2.05, 4.69) is 55.5 Å². The maximum atomic E-state index is 4.88. The Balaban J connectivity index is 1.63. The average molecular weight is 336 g/mol. The number of rotatable bonds is 2. The summed E-state index contributed by atoms with van der Waals surface area (Å²) in [6, 6.07) is 11.0. The smallest absolute Gasteiger partial charge is 0.158 e. The van der Waals surface area contributed by atoms with E-state index in [4.69, 9.17) is 4.98 Å². The third-order valence-electron chi connectivity index (χ3n) is 5.72. The van der Waals surface area contributed by atoms with Gasteiger partial charge in [0.25, 0.3) is 0 Å². The number of aromatic nitrogens is 3. The first kappa shape index (κ1) is 16.4. The predicted octanol–water partition coefficient (Wildman–Crippen LogP) is 5.21. The highest BCUT2D eigenvalue weighted by atomic mass is 15.3. The molecule has 132 valence electrons. The Labute approximate surface area is 149 Å². The van der Waals surface area contributed by atoms with Gasteiger partial charge in [0.15, 0.2) is 5.65 Å². The molecule has 1 aliphatic carbocycles. The van der Waals surface area contributed by atoms with Gasteiger partial charge >= 0.3 is 0 Å². The van der Waals surface area contributed by atoms with Gasteiger partial charge < -0.3 is 5.32 Å². The Morgan fingerprint density at radius 1 is 1.08 bits per heavy atom. The molecule has 0 radical (unpaired) electrons. The number of fused-ring (bicyclic) bond motifs is 3. The minimum Gasteiger partial charge on any atom is -0.367 e. The molecule has 1 aliphatic rings. The Bertz CT molecular complexity index is 895. The van der Waals surface area contributed by atoms with Crippen LogP contribution in [0.3, 0.4) is 0 Å². The molecule has 0 aliphatic heterocycles. The van der Waals surface area contributed by atoms with Crippen LogP contribution >= 0.6 is 0 Å². The zero-order valence-electron chi connectivity index (χ0n) is 15.7. The zero-order valence-corrected chi connectivity index (χ0v) is 15.7. The summed E-state index contributed by atoms with van der Waals surface area (Å²) in [6.07, 6.45) is 5.04. The summed E-state index contributed by atoms with van der Waals surface area (Å²) in [6.45, 7) is 9.13. The van der Waals surface area contributed by atoms with Gasteiger partial charge in [-0.05, 0) is 56.1 Å². The molecule has 2 aromatic heterocycles. The van der Waals surface area contributed by atoms with Crippen LogP contribution in [0.1, 0.15) is 52.1 Å². The van der Waals surface area contributed by atoms with Crippen molar-refractivity contribution < 1.29 is 0 Å². The first-order chi connectivity index (χ1) is 11.9. The lowest BCUT2D eigenvalue weighted by Crippen LogP contribution is -2.31. The molecule has 4 nitrogen and oxygen atoms in total. The molecule has 1 fully saturated rings. The van der Waals surface area contributed by atoms with E-state index < -0.39 is 0 Å². The van der Waals surface area contributed by atoms with Crippen LogP contribution in [-0.4, -0.2) is 20.6 Å². The molecule has 0 spiro atoms. The monoisotopic (exact) mass is 336 g/mol. The van der Waals surface area contributed by atoms with Crippen LogP contribution in [0.4, 0.5) is 5.82 Å². The molecule has 2 heterocycles. The van der Waals surface area contributed by atoms with Crippen molar-refractivity contribution in [1.29, 1.82) is 0 Å². The van der Waals surface area contributed by atoms with Gasteiger partial charge in [-0.1, -0.05) is 32.9 Å². The van der Waals surface area contributed by atoms with Gasteiger partial charge in [0, 0.05) is 17.5 Å². The topological polar surface area (TPSA) is 42.2 Å². The number of benzene rings is 1. The number of para-hydroxylation sites is 1. The summed E-state index contributed by atoms with van der Waals surface area (Å²) in [5.74, 6) is 1.83. The number of hydrogen-bond acceptors (Lipinski definition) is 3. The van der Waals surface area contributed by atoms with Crippen LogP contribution < -0.4 is 5.32 Å². The highest BCUT2D eigenvalue weighted by Crippen LogP contribution is 2.38. The van der Waals surface area contributed by atoms with Crippen LogP contribution in [-0.2, 0) is 0 Å². The predicted molar refractivity (Wildman–Crippen MR) is 104 cm³/mol. The van der Waals surface area contributed by atoms with E-state index >= 15 is 0 Å². The lowest BCUT2D eigenvalue weighted by Gasteiger charge is -2.37. The van der Waals surface area contributed by atoms with E-state index in [0.717, 1.165) is 34.0 Å². The molecular weight excluding hydrogens is 308 g/mol. The van der Waals surface area contributed by atoms with E-state index in [1.165, 1.54) is 25.7 Å². The molecule has 4 heteroatoms. The van der Waals surface area contributed by atoms with Gasteiger partial charge in [-0.15, -0.1) is 0 Å². The fourth-order valence-electron chi connectivity index (χ4n) is 4.18. The SMILES string of the molecule is Cc1cc2nc(NC3CCC(C(C)(C)C)CC3)c3ccccc3n2n1. The van der Waals surface area contributed by atoms with E-state index in [-0.39, 0.29) is 0 Å². The summed E-state index contributed by atoms with van der Waals surface area (Å²) >= 11 is 0. The van der Waals surface area contributed by atoms with Crippen molar-refractivity contribution in [3.05, 3.63) is 36.0 Å². The normalized spacial score (nSPS) is 21.8. The van der Waals surface area contributed by atoms with Crippen molar-refractivity contribution in [2.45, 2.75) is 59.4 Å². The maximum absolute atomic E-state index is 4.88. The highest BCUT2D eigenvalue weighted by Gasteiger charge is 2.30. The van der Waals surface area contributed by atoms with Gasteiger partial charge in [0.1, 0.15) is 5.82 Å². The van der Waals surface area contributed by atoms with Crippen LogP contribution in [0, 0.1) is 18.3 Å². The summed E-state index contributed by atoms with van der Waals surface area (Å²) < 4.78 is 1.95. The molecule has 1 saturated carbocycles. The minimum atomic E-state index is 0.421. The minimum absolute atomic E-state index is 0.421. The molecule has 3 aromatic rings. The quantitative estimate of drug-likeness (QED) is 0.698. The van der Waals surface area contributed by atoms with Crippen molar-refractivity contribution >= 4 is 22.4 Å². The van der Waals surface area contributed by atoms with Crippen LogP contribution in [0.5, 0.6) is 0 Å². The van der Waals surface area contributed by atoms with Gasteiger partial charge in [-0.25, -0.2) is 9.50 Å². The van der Waals surface area contributed by atoms with E-state index in [1.54, 1.807) is 0 Å². The summed E-state index contributed by atoms with van der Waals surface area (Å²) in [4.78, 5) is 4.88. The molecule has 1 N–H and O–H groups in total. The van der Waals surface area contributed by atoms with Crippen molar-refractivity contribution in [1.82, 2.24) is 14.6 Å². The highest BCUT2D eigenvalue weighted by molar-refractivity contribution is 5.91. The Kier molecular flexibility index (Phi) is 3.94. The Morgan fingerprint density at radius 3 is 2.52 bits per heavy atom. The van der Waals surface area contributed by atoms with Gasteiger partial charge in [0.2, 0.25) is 0 Å². The standard InChI is InChI=1S/C21H28N4/c1-14-13-19-23-20(17-7-5-6-8-18(17)25(19)24-14)22-16-11-9-15(10-12-16)21(2,3)4/h5-8,13,15-16H,9-12H2,1-4H3,(H,22,23). The molecular formula is C21H28N4. The number of aryl methyl sites for hydroxylation is 1. The second-order valence-electron chi connectivity index (χ2n) is 8.59. The molecule has 0 saturated heterocycles. The van der Waals surface area contributed by atoms with Gasteiger partial charge in [0.05, 0.1) is 11.2 Å². The number of nitrogens with zero attached hydrogens (tertiary/aromatic N) is 3. The number of hydrogen-bond donors (Lipinski definition) is 1. The first-order valence-corrected chi connectivity index (χ1v) is 9.43. The summed E-state index contributed by atoms with van der Waals surface area (Å²) in [7, 11) is 0. The summed E-state index contributed by atoms with van der Waals surface area (Å²) in [5, 5.41) is 9.49. The van der Waals surface area contributed by atoms with Crippen molar-refractivity contribution in [3.63, 3.8) is 0 Å². The maximum Gasteiger partial charge on any atom is 0.158 e. The second-order valence-corrected chi connectivity index (χ2v) is 8.59. The Morgan fingerprint density at radius 2 is 1.80 bits per heavy atom. The van der Waals surface area contributed by atoms with Crippen molar-refractivity contribution in [2.75, 3.05) is 5.32 Å². The van der Waals surface area contributed by atoms with Crippen molar-refractivity contribution in [3.8, 4) is 0 Å². The summed E-state index contributed by atoms with van der Waals surface area (Å²) in [5.41, 5.74) is 3.46. The molecule has 4 rings (SSSR count). The Hall–Kier alpha value is -2.10. The average Bonchev–Trinajstić information content (AvgIpc) is 2.95. The second kappa shape index (κ2) is 6.01. The lowest BCUT2D eigenvalue weighted by molar-refractivity contribution is 0.173. The van der Waals surface area contributed by atoms with Gasteiger partial charge in [-0.3, -0.25) is 0 Å². The largest absolute Gasteiger partial charge is 0.367 e. The van der Waals surface area contributed by atoms with Crippen LogP contribution in [0.2, 0.25) is 0 Å². The third-order valence-corrected chi connectivity index (χ3v) is 5.72. The van der Waals surface area contributed by atoms with E-state index in [0.29, 0.717) is 11.5 Å². The third kappa shape index (κ3) is 3.10. The lowest BCUT2D eigenvalue weighted by atomic mass is 9.71. The molecule has 1 aromatic carbocycles. The molecule has 0 unspecified atom stereocenters. The van der Waals surface area contributed by atoms with Crippen LogP contribution in [0.25, 0.3) is 16.6 Å².